The van der Waals surface area contributed by atoms with E-state index in [0.717, 1.165) is 5.56 Å². The summed E-state index contributed by atoms with van der Waals surface area (Å²) in [4.78, 5) is 22.7. The van der Waals surface area contributed by atoms with Crippen molar-refractivity contribution in [3.05, 3.63) is 35.9 Å². The van der Waals surface area contributed by atoms with Gasteiger partial charge in [0.1, 0.15) is 6.10 Å². The molecule has 1 aromatic rings. The van der Waals surface area contributed by atoms with Gasteiger partial charge < -0.3 is 15.2 Å². The molecule has 20 heavy (non-hydrogen) atoms. The summed E-state index contributed by atoms with van der Waals surface area (Å²) in [6, 6.07) is 9.03. The van der Waals surface area contributed by atoms with Crippen LogP contribution in [0.4, 0.5) is 0 Å². The Bertz CT molecular complexity index is 433. The van der Waals surface area contributed by atoms with Gasteiger partial charge in [-0.2, -0.15) is 0 Å². The summed E-state index contributed by atoms with van der Waals surface area (Å²) in [5, 5.41) is 11.6. The molecule has 0 saturated heterocycles. The van der Waals surface area contributed by atoms with Gasteiger partial charge in [-0.05, 0) is 25.8 Å². The van der Waals surface area contributed by atoms with Gasteiger partial charge in [-0.15, -0.1) is 0 Å². The Morgan fingerprint density at radius 2 is 1.95 bits per heavy atom. The number of carbonyl (C=O) groups excluding carboxylic acids is 1. The minimum Gasteiger partial charge on any atom is -0.481 e. The SMILES string of the molecule is CCOC(C)C(=O)NC(CCC(=O)O)c1ccccc1. The number of hydrogen-bond donors (Lipinski definition) is 2. The van der Waals surface area contributed by atoms with E-state index in [1.165, 1.54) is 0 Å². The Morgan fingerprint density at radius 3 is 2.50 bits per heavy atom. The molecule has 0 aliphatic heterocycles. The second-order valence-corrected chi connectivity index (χ2v) is 4.50. The number of rotatable bonds is 8. The van der Waals surface area contributed by atoms with Gasteiger partial charge in [0.2, 0.25) is 5.91 Å². The van der Waals surface area contributed by atoms with E-state index in [1.54, 1.807) is 6.92 Å². The summed E-state index contributed by atoms with van der Waals surface area (Å²) in [7, 11) is 0. The molecule has 0 aromatic heterocycles. The zero-order valence-corrected chi connectivity index (χ0v) is 11.8. The minimum atomic E-state index is -0.877. The predicted molar refractivity (Wildman–Crippen MR) is 75.3 cm³/mol. The van der Waals surface area contributed by atoms with Gasteiger partial charge in [-0.25, -0.2) is 0 Å². The molecule has 2 unspecified atom stereocenters. The van der Waals surface area contributed by atoms with Crippen LogP contribution in [0, 0.1) is 0 Å². The number of amides is 1. The van der Waals surface area contributed by atoms with E-state index in [4.69, 9.17) is 9.84 Å². The van der Waals surface area contributed by atoms with E-state index in [0.29, 0.717) is 13.0 Å². The summed E-state index contributed by atoms with van der Waals surface area (Å²) in [5.74, 6) is -1.11. The highest BCUT2D eigenvalue weighted by molar-refractivity contribution is 5.80. The molecule has 1 aromatic carbocycles. The Balaban J connectivity index is 2.72. The summed E-state index contributed by atoms with van der Waals surface area (Å²) < 4.78 is 5.24. The van der Waals surface area contributed by atoms with E-state index < -0.39 is 12.1 Å². The summed E-state index contributed by atoms with van der Waals surface area (Å²) in [6.07, 6.45) is -0.191. The first-order valence-electron chi connectivity index (χ1n) is 6.73. The fourth-order valence-electron chi connectivity index (χ4n) is 1.89. The Hall–Kier alpha value is -1.88. The lowest BCUT2D eigenvalue weighted by Crippen LogP contribution is -2.37. The van der Waals surface area contributed by atoms with Crippen LogP contribution >= 0.6 is 0 Å². The fraction of sp³-hybridized carbons (Fsp3) is 0.467. The van der Waals surface area contributed by atoms with Gasteiger partial charge in [0.05, 0.1) is 6.04 Å². The van der Waals surface area contributed by atoms with Gasteiger partial charge in [0, 0.05) is 13.0 Å². The number of benzene rings is 1. The van der Waals surface area contributed by atoms with Crippen molar-refractivity contribution in [3.63, 3.8) is 0 Å². The molecule has 1 amide bonds. The van der Waals surface area contributed by atoms with Crippen LogP contribution in [-0.2, 0) is 14.3 Å². The zero-order valence-electron chi connectivity index (χ0n) is 11.8. The maximum absolute atomic E-state index is 12.0. The first-order chi connectivity index (χ1) is 9.54. The number of carboxylic acid groups (broad SMARTS) is 1. The third-order valence-corrected chi connectivity index (χ3v) is 2.95. The highest BCUT2D eigenvalue weighted by atomic mass is 16.5. The summed E-state index contributed by atoms with van der Waals surface area (Å²) in [6.45, 7) is 3.96. The van der Waals surface area contributed by atoms with E-state index in [2.05, 4.69) is 5.32 Å². The zero-order chi connectivity index (χ0) is 15.0. The van der Waals surface area contributed by atoms with Crippen molar-refractivity contribution in [2.75, 3.05) is 6.61 Å². The van der Waals surface area contributed by atoms with Crippen LogP contribution in [0.3, 0.4) is 0 Å². The highest BCUT2D eigenvalue weighted by Gasteiger charge is 2.19. The van der Waals surface area contributed by atoms with Crippen LogP contribution in [0.15, 0.2) is 30.3 Å². The van der Waals surface area contributed by atoms with E-state index in [-0.39, 0.29) is 18.4 Å². The van der Waals surface area contributed by atoms with Crippen molar-refractivity contribution in [2.24, 2.45) is 0 Å². The molecular weight excluding hydrogens is 258 g/mol. The molecule has 0 saturated carbocycles. The molecule has 0 spiro atoms. The number of nitrogens with one attached hydrogen (secondary N) is 1. The fourth-order valence-corrected chi connectivity index (χ4v) is 1.89. The second-order valence-electron chi connectivity index (χ2n) is 4.50. The molecule has 0 radical (unpaired) electrons. The third-order valence-electron chi connectivity index (χ3n) is 2.95. The first-order valence-corrected chi connectivity index (χ1v) is 6.73. The summed E-state index contributed by atoms with van der Waals surface area (Å²) in [5.41, 5.74) is 0.894. The Labute approximate surface area is 118 Å². The molecule has 0 heterocycles. The maximum Gasteiger partial charge on any atom is 0.303 e. The smallest absolute Gasteiger partial charge is 0.303 e. The molecule has 1 rings (SSSR count). The normalized spacial score (nSPS) is 13.5. The van der Waals surface area contributed by atoms with Gasteiger partial charge >= 0.3 is 5.97 Å². The quantitative estimate of drug-likeness (QED) is 0.764. The molecular formula is C15H21NO4. The average Bonchev–Trinajstić information content (AvgIpc) is 2.44. The molecule has 110 valence electrons. The topological polar surface area (TPSA) is 75.6 Å². The van der Waals surface area contributed by atoms with E-state index in [9.17, 15) is 9.59 Å². The molecule has 5 heteroatoms. The molecule has 2 N–H and O–H groups in total. The van der Waals surface area contributed by atoms with Crippen LogP contribution in [0.25, 0.3) is 0 Å². The molecule has 0 fully saturated rings. The lowest BCUT2D eigenvalue weighted by Gasteiger charge is -2.21. The molecule has 0 aliphatic rings. The summed E-state index contributed by atoms with van der Waals surface area (Å²) >= 11 is 0. The predicted octanol–water partition coefficient (Wildman–Crippen LogP) is 2.13. The van der Waals surface area contributed by atoms with Crippen molar-refractivity contribution in [3.8, 4) is 0 Å². The Morgan fingerprint density at radius 1 is 1.30 bits per heavy atom. The minimum absolute atomic E-state index is 0.00283. The number of carboxylic acids is 1. The third kappa shape index (κ3) is 5.40. The van der Waals surface area contributed by atoms with Crippen LogP contribution in [0.2, 0.25) is 0 Å². The number of aliphatic carboxylic acids is 1. The number of ether oxygens (including phenoxy) is 1. The van der Waals surface area contributed by atoms with E-state index in [1.807, 2.05) is 37.3 Å². The molecule has 2 atom stereocenters. The monoisotopic (exact) mass is 279 g/mol. The van der Waals surface area contributed by atoms with Crippen molar-refractivity contribution >= 4 is 11.9 Å². The van der Waals surface area contributed by atoms with Gasteiger partial charge in [0.25, 0.3) is 0 Å². The standard InChI is InChI=1S/C15H21NO4/c1-3-20-11(2)15(19)16-13(9-10-14(17)18)12-7-5-4-6-8-12/h4-8,11,13H,3,9-10H2,1-2H3,(H,16,19)(H,17,18). The molecule has 5 nitrogen and oxygen atoms in total. The lowest BCUT2D eigenvalue weighted by atomic mass is 10.0. The largest absolute Gasteiger partial charge is 0.481 e. The maximum atomic E-state index is 12.0. The average molecular weight is 279 g/mol. The highest BCUT2D eigenvalue weighted by Crippen LogP contribution is 2.18. The van der Waals surface area contributed by atoms with Crippen LogP contribution < -0.4 is 5.32 Å². The van der Waals surface area contributed by atoms with Crippen molar-refractivity contribution in [1.82, 2.24) is 5.32 Å². The van der Waals surface area contributed by atoms with Gasteiger partial charge in [-0.3, -0.25) is 9.59 Å². The lowest BCUT2D eigenvalue weighted by molar-refractivity contribution is -0.138. The molecule has 0 bridgehead atoms. The van der Waals surface area contributed by atoms with Crippen molar-refractivity contribution in [1.29, 1.82) is 0 Å². The second kappa shape index (κ2) is 8.32. The first kappa shape index (κ1) is 16.2. The number of hydrogen-bond acceptors (Lipinski definition) is 3. The van der Waals surface area contributed by atoms with E-state index >= 15 is 0 Å². The van der Waals surface area contributed by atoms with Crippen molar-refractivity contribution in [2.45, 2.75) is 38.8 Å². The molecule has 0 aliphatic carbocycles. The van der Waals surface area contributed by atoms with Gasteiger partial charge in [-0.1, -0.05) is 30.3 Å². The van der Waals surface area contributed by atoms with Crippen LogP contribution in [-0.4, -0.2) is 29.7 Å². The van der Waals surface area contributed by atoms with Crippen LogP contribution in [0.1, 0.15) is 38.3 Å². The van der Waals surface area contributed by atoms with Gasteiger partial charge in [0.15, 0.2) is 0 Å². The Kier molecular flexibility index (Phi) is 6.73. The van der Waals surface area contributed by atoms with Crippen LogP contribution in [0.5, 0.6) is 0 Å². The number of carbonyl (C=O) groups is 2. The van der Waals surface area contributed by atoms with Crippen molar-refractivity contribution < 1.29 is 19.4 Å².